The maximum absolute atomic E-state index is 13.0. The third kappa shape index (κ3) is 9.00. The van der Waals surface area contributed by atoms with Crippen molar-refractivity contribution in [2.45, 2.75) is 18.8 Å². The van der Waals surface area contributed by atoms with Crippen LogP contribution in [0.3, 0.4) is 0 Å². The largest absolute Gasteiger partial charge is 0.490 e. The Morgan fingerprint density at radius 2 is 1.90 bits per heavy atom. The molecule has 1 unspecified atom stereocenters. The fourth-order valence-electron chi connectivity index (χ4n) is 3.37. The van der Waals surface area contributed by atoms with Crippen LogP contribution in [0.4, 0.5) is 28.0 Å². The highest BCUT2D eigenvalue weighted by Crippen LogP contribution is 2.18. The number of nitrogens with one attached hydrogen (secondary N) is 1. The highest BCUT2D eigenvalue weighted by atomic mass is 19.4. The van der Waals surface area contributed by atoms with Gasteiger partial charge in [0, 0.05) is 12.7 Å². The Labute approximate surface area is 220 Å². The highest BCUT2D eigenvalue weighted by molar-refractivity contribution is 5.89. The van der Waals surface area contributed by atoms with E-state index in [9.17, 15) is 22.4 Å². The van der Waals surface area contributed by atoms with Crippen molar-refractivity contribution in [1.29, 1.82) is 5.26 Å². The molecule has 0 bridgehead atoms. The fraction of sp³-hybridized carbons (Fsp3) is 0.280. The first-order valence-corrected chi connectivity index (χ1v) is 11.4. The van der Waals surface area contributed by atoms with Gasteiger partial charge in [-0.15, -0.1) is 0 Å². The van der Waals surface area contributed by atoms with Crippen LogP contribution in [0.25, 0.3) is 0 Å². The normalized spacial score (nSPS) is 14.9. The van der Waals surface area contributed by atoms with E-state index in [0.29, 0.717) is 43.2 Å². The molecular weight excluding hydrogens is 526 g/mol. The van der Waals surface area contributed by atoms with Gasteiger partial charge in [-0.2, -0.15) is 23.5 Å². The Morgan fingerprint density at radius 3 is 2.56 bits per heavy atom. The van der Waals surface area contributed by atoms with Gasteiger partial charge in [-0.05, 0) is 29.8 Å². The Bertz CT molecular complexity index is 1310. The van der Waals surface area contributed by atoms with Gasteiger partial charge < -0.3 is 24.8 Å². The second-order valence-corrected chi connectivity index (χ2v) is 8.14. The lowest BCUT2D eigenvalue weighted by Gasteiger charge is -2.32. The van der Waals surface area contributed by atoms with Crippen LogP contribution in [0.5, 0.6) is 5.75 Å². The molecule has 0 spiro atoms. The third-order valence-electron chi connectivity index (χ3n) is 5.24. The number of rotatable bonds is 6. The molecule has 4 rings (SSSR count). The number of hydrogen-bond acceptors (Lipinski definition) is 6. The van der Waals surface area contributed by atoms with E-state index in [1.807, 2.05) is 0 Å². The molecule has 0 saturated carbocycles. The Balaban J connectivity index is 0.000000532. The number of carbonyl (C=O) groups is 2. The molecule has 206 valence electrons. The number of anilines is 1. The molecule has 2 N–H and O–H groups in total. The zero-order valence-corrected chi connectivity index (χ0v) is 20.3. The number of para-hydroxylation sites is 1. The lowest BCUT2D eigenvalue weighted by Crippen LogP contribution is -2.49. The maximum atomic E-state index is 13.0. The number of hydrogen-bond donors (Lipinski definition) is 2. The number of morpholine rings is 1. The number of aliphatic carboxylic acids is 1. The van der Waals surface area contributed by atoms with Crippen molar-refractivity contribution in [1.82, 2.24) is 14.7 Å². The molecule has 2 aromatic carbocycles. The summed E-state index contributed by atoms with van der Waals surface area (Å²) in [6.45, 7) is 1.92. The Kier molecular flexibility index (Phi) is 9.82. The van der Waals surface area contributed by atoms with Crippen LogP contribution in [0.2, 0.25) is 0 Å². The van der Waals surface area contributed by atoms with Crippen molar-refractivity contribution >= 4 is 17.7 Å². The number of carboxylic acids is 1. The van der Waals surface area contributed by atoms with E-state index in [0.717, 1.165) is 5.56 Å². The minimum absolute atomic E-state index is 0.234. The van der Waals surface area contributed by atoms with Crippen LogP contribution in [-0.4, -0.2) is 70.4 Å². The molecule has 1 fully saturated rings. The van der Waals surface area contributed by atoms with Gasteiger partial charge in [0.2, 0.25) is 0 Å². The average Bonchev–Trinajstić information content (AvgIpc) is 3.35. The lowest BCUT2D eigenvalue weighted by atomic mass is 10.2. The summed E-state index contributed by atoms with van der Waals surface area (Å²) in [5.41, 5.74) is 1.93. The number of benzene rings is 2. The van der Waals surface area contributed by atoms with Gasteiger partial charge in [0.1, 0.15) is 30.3 Å². The number of carbonyl (C=O) groups excluding carboxylic acids is 1. The summed E-state index contributed by atoms with van der Waals surface area (Å²) in [5.74, 6) is -2.55. The summed E-state index contributed by atoms with van der Waals surface area (Å²) < 4.78 is 57.9. The molecule has 0 radical (unpaired) electrons. The summed E-state index contributed by atoms with van der Waals surface area (Å²) >= 11 is 0. The number of halogens is 4. The second-order valence-electron chi connectivity index (χ2n) is 8.14. The van der Waals surface area contributed by atoms with Gasteiger partial charge >= 0.3 is 18.2 Å². The van der Waals surface area contributed by atoms with Gasteiger partial charge in [-0.1, -0.05) is 24.3 Å². The number of urea groups is 1. The van der Waals surface area contributed by atoms with Crippen molar-refractivity contribution < 1.29 is 41.7 Å². The highest BCUT2D eigenvalue weighted by Gasteiger charge is 2.38. The first-order chi connectivity index (χ1) is 18.5. The Morgan fingerprint density at radius 1 is 1.21 bits per heavy atom. The molecule has 1 atom stereocenters. The first-order valence-electron chi connectivity index (χ1n) is 11.4. The van der Waals surface area contributed by atoms with Crippen molar-refractivity contribution in [3.05, 3.63) is 77.9 Å². The smallest absolute Gasteiger partial charge is 0.489 e. The van der Waals surface area contributed by atoms with Gasteiger partial charge in [0.15, 0.2) is 0 Å². The van der Waals surface area contributed by atoms with Crippen LogP contribution in [0, 0.1) is 17.1 Å². The molecule has 1 aliphatic rings. The minimum atomic E-state index is -5.08. The number of nitriles is 1. The monoisotopic (exact) mass is 549 g/mol. The molecule has 39 heavy (non-hydrogen) atoms. The van der Waals surface area contributed by atoms with Crippen LogP contribution in [-0.2, 0) is 16.1 Å². The molecule has 1 aromatic heterocycles. The molecule has 2 amide bonds. The van der Waals surface area contributed by atoms with Gasteiger partial charge in [0.05, 0.1) is 37.1 Å². The van der Waals surface area contributed by atoms with Crippen LogP contribution >= 0.6 is 0 Å². The second kappa shape index (κ2) is 13.2. The predicted octanol–water partition coefficient (Wildman–Crippen LogP) is 3.89. The zero-order valence-electron chi connectivity index (χ0n) is 20.3. The van der Waals surface area contributed by atoms with E-state index in [1.165, 1.54) is 12.1 Å². The number of ether oxygens (including phenoxy) is 2. The first kappa shape index (κ1) is 28.9. The molecule has 3 aromatic rings. The van der Waals surface area contributed by atoms with E-state index in [1.54, 1.807) is 58.4 Å². The lowest BCUT2D eigenvalue weighted by molar-refractivity contribution is -0.192. The van der Waals surface area contributed by atoms with E-state index in [2.05, 4.69) is 16.5 Å². The van der Waals surface area contributed by atoms with Crippen LogP contribution < -0.4 is 10.1 Å². The molecule has 0 aliphatic carbocycles. The molecule has 1 aliphatic heterocycles. The summed E-state index contributed by atoms with van der Waals surface area (Å²) in [7, 11) is 0. The summed E-state index contributed by atoms with van der Waals surface area (Å²) in [4.78, 5) is 23.2. The van der Waals surface area contributed by atoms with E-state index in [-0.39, 0.29) is 24.6 Å². The standard InChI is InChI=1S/C23H22FN5O3.C2HF3O2/c24-19-7-5-17(6-8-19)13-29-14-20(12-26-29)27-23(30)28-9-10-31-21(15-28)16-32-22-4-2-1-3-18(22)11-25;3-2(4,5)1(6)7/h1-8,12,14,21H,9-10,13,15-16H2,(H,27,30);(H,6,7). The van der Waals surface area contributed by atoms with Crippen LogP contribution in [0.1, 0.15) is 11.1 Å². The topological polar surface area (TPSA) is 130 Å². The predicted molar refractivity (Wildman–Crippen MR) is 128 cm³/mol. The maximum Gasteiger partial charge on any atom is 0.490 e. The number of alkyl halides is 3. The summed E-state index contributed by atoms with van der Waals surface area (Å²) in [5, 5.41) is 23.4. The van der Waals surface area contributed by atoms with Crippen LogP contribution in [0.15, 0.2) is 60.9 Å². The van der Waals surface area contributed by atoms with Gasteiger partial charge in [0.25, 0.3) is 0 Å². The molecule has 1 saturated heterocycles. The minimum Gasteiger partial charge on any atom is -0.489 e. The number of amides is 2. The third-order valence-corrected chi connectivity index (χ3v) is 5.24. The van der Waals surface area contributed by atoms with E-state index in [4.69, 9.17) is 24.6 Å². The SMILES string of the molecule is N#Cc1ccccc1OCC1CN(C(=O)Nc2cnn(Cc3ccc(F)cc3)c2)CCO1.O=C(O)C(F)(F)F. The van der Waals surface area contributed by atoms with Crippen molar-refractivity contribution in [2.24, 2.45) is 0 Å². The van der Waals surface area contributed by atoms with E-state index >= 15 is 0 Å². The Hall–Kier alpha value is -4.64. The molecule has 10 nitrogen and oxygen atoms in total. The van der Waals surface area contributed by atoms with Crippen molar-refractivity contribution in [2.75, 3.05) is 31.6 Å². The van der Waals surface area contributed by atoms with Crippen molar-refractivity contribution in [3.63, 3.8) is 0 Å². The number of nitrogens with zero attached hydrogens (tertiary/aromatic N) is 4. The number of aromatic nitrogens is 2. The summed E-state index contributed by atoms with van der Waals surface area (Å²) in [6, 6.07) is 15.0. The molecule has 2 heterocycles. The number of carboxylic acid groups (broad SMARTS) is 1. The average molecular weight is 549 g/mol. The van der Waals surface area contributed by atoms with Crippen molar-refractivity contribution in [3.8, 4) is 11.8 Å². The quantitative estimate of drug-likeness (QED) is 0.447. The summed E-state index contributed by atoms with van der Waals surface area (Å²) in [6.07, 6.45) is -2.09. The zero-order chi connectivity index (χ0) is 28.4. The molecule has 14 heteroatoms. The fourth-order valence-corrected chi connectivity index (χ4v) is 3.37. The van der Waals surface area contributed by atoms with E-state index < -0.39 is 12.1 Å². The molecular formula is C25H23F4N5O5. The van der Waals surface area contributed by atoms with Gasteiger partial charge in [-0.25, -0.2) is 14.0 Å². The van der Waals surface area contributed by atoms with Gasteiger partial charge in [-0.3, -0.25) is 4.68 Å².